The molecule has 2 atom stereocenters. The SMILES string of the molecule is CS(=O)c1ccc(C(=O)NCC(O)c2ccccc2F)cc1. The molecule has 2 aromatic carbocycles. The van der Waals surface area contributed by atoms with Crippen molar-refractivity contribution in [2.24, 2.45) is 0 Å². The zero-order valence-electron chi connectivity index (χ0n) is 12.0. The first kappa shape index (κ1) is 16.3. The molecule has 0 saturated carbocycles. The predicted octanol–water partition coefficient (Wildman–Crippen LogP) is 2.03. The van der Waals surface area contributed by atoms with Crippen molar-refractivity contribution in [2.75, 3.05) is 12.8 Å². The van der Waals surface area contributed by atoms with Crippen LogP contribution in [0.1, 0.15) is 22.0 Å². The first-order valence-corrected chi connectivity index (χ1v) is 8.19. The summed E-state index contributed by atoms with van der Waals surface area (Å²) in [5, 5.41) is 12.5. The van der Waals surface area contributed by atoms with Crippen molar-refractivity contribution in [1.29, 1.82) is 0 Å². The largest absolute Gasteiger partial charge is 0.386 e. The van der Waals surface area contributed by atoms with E-state index >= 15 is 0 Å². The van der Waals surface area contributed by atoms with Crippen molar-refractivity contribution in [3.8, 4) is 0 Å². The van der Waals surface area contributed by atoms with Gasteiger partial charge in [-0.15, -0.1) is 0 Å². The van der Waals surface area contributed by atoms with Crippen LogP contribution in [0, 0.1) is 5.82 Å². The molecule has 116 valence electrons. The number of nitrogens with one attached hydrogen (secondary N) is 1. The van der Waals surface area contributed by atoms with Crippen LogP contribution in [0.25, 0.3) is 0 Å². The number of carbonyl (C=O) groups is 1. The van der Waals surface area contributed by atoms with Gasteiger partial charge in [-0.05, 0) is 30.3 Å². The maximum atomic E-state index is 13.5. The summed E-state index contributed by atoms with van der Waals surface area (Å²) >= 11 is 0. The van der Waals surface area contributed by atoms with E-state index in [4.69, 9.17) is 0 Å². The topological polar surface area (TPSA) is 66.4 Å². The Hall–Kier alpha value is -2.05. The third-order valence-electron chi connectivity index (χ3n) is 3.17. The molecular formula is C16H16FNO3S. The number of benzene rings is 2. The molecule has 0 aliphatic rings. The van der Waals surface area contributed by atoms with E-state index < -0.39 is 22.7 Å². The van der Waals surface area contributed by atoms with E-state index in [0.29, 0.717) is 10.5 Å². The molecule has 22 heavy (non-hydrogen) atoms. The fourth-order valence-corrected chi connectivity index (χ4v) is 2.46. The number of aliphatic hydroxyl groups is 1. The Kier molecular flexibility index (Phi) is 5.41. The van der Waals surface area contributed by atoms with Crippen LogP contribution < -0.4 is 5.32 Å². The van der Waals surface area contributed by atoms with E-state index in [1.165, 1.54) is 18.2 Å². The normalized spacial score (nSPS) is 13.4. The van der Waals surface area contributed by atoms with Gasteiger partial charge in [-0.2, -0.15) is 0 Å². The predicted molar refractivity (Wildman–Crippen MR) is 82.5 cm³/mol. The van der Waals surface area contributed by atoms with Gasteiger partial charge in [0.05, 0.1) is 6.10 Å². The van der Waals surface area contributed by atoms with Gasteiger partial charge in [0.25, 0.3) is 5.91 Å². The number of aliphatic hydroxyl groups excluding tert-OH is 1. The van der Waals surface area contributed by atoms with E-state index in [1.807, 2.05) is 0 Å². The van der Waals surface area contributed by atoms with Gasteiger partial charge in [0.2, 0.25) is 0 Å². The average Bonchev–Trinajstić information content (AvgIpc) is 2.52. The molecule has 0 bridgehead atoms. The minimum atomic E-state index is -1.12. The van der Waals surface area contributed by atoms with E-state index in [1.54, 1.807) is 36.6 Å². The van der Waals surface area contributed by atoms with Gasteiger partial charge in [-0.3, -0.25) is 9.00 Å². The number of rotatable bonds is 5. The number of hydrogen-bond acceptors (Lipinski definition) is 3. The lowest BCUT2D eigenvalue weighted by molar-refractivity contribution is 0.0914. The highest BCUT2D eigenvalue weighted by Crippen LogP contribution is 2.16. The Morgan fingerprint density at radius 3 is 2.45 bits per heavy atom. The van der Waals surface area contributed by atoms with Crippen molar-refractivity contribution >= 4 is 16.7 Å². The second-order valence-electron chi connectivity index (χ2n) is 4.73. The van der Waals surface area contributed by atoms with Crippen molar-refractivity contribution in [1.82, 2.24) is 5.32 Å². The fourth-order valence-electron chi connectivity index (χ4n) is 1.94. The Labute approximate surface area is 130 Å². The maximum Gasteiger partial charge on any atom is 0.251 e. The van der Waals surface area contributed by atoms with Crippen LogP contribution in [0.4, 0.5) is 4.39 Å². The quantitative estimate of drug-likeness (QED) is 0.885. The van der Waals surface area contributed by atoms with Crippen LogP contribution in [-0.2, 0) is 10.8 Å². The molecule has 0 aliphatic carbocycles. The lowest BCUT2D eigenvalue weighted by Gasteiger charge is -2.13. The molecule has 0 aromatic heterocycles. The Morgan fingerprint density at radius 1 is 1.23 bits per heavy atom. The number of hydrogen-bond donors (Lipinski definition) is 2. The zero-order chi connectivity index (χ0) is 16.1. The van der Waals surface area contributed by atoms with Crippen molar-refractivity contribution < 1.29 is 18.5 Å². The van der Waals surface area contributed by atoms with Crippen LogP contribution in [-0.4, -0.2) is 28.0 Å². The third kappa shape index (κ3) is 3.99. The monoisotopic (exact) mass is 321 g/mol. The van der Waals surface area contributed by atoms with Crippen LogP contribution in [0.2, 0.25) is 0 Å². The molecule has 2 rings (SSSR count). The van der Waals surface area contributed by atoms with E-state index in [-0.39, 0.29) is 18.0 Å². The number of halogens is 1. The molecule has 2 aromatic rings. The van der Waals surface area contributed by atoms with Crippen LogP contribution in [0.3, 0.4) is 0 Å². The average molecular weight is 321 g/mol. The lowest BCUT2D eigenvalue weighted by atomic mass is 10.1. The summed E-state index contributed by atoms with van der Waals surface area (Å²) in [6, 6.07) is 12.2. The van der Waals surface area contributed by atoms with Crippen molar-refractivity contribution in [3.05, 3.63) is 65.5 Å². The van der Waals surface area contributed by atoms with Gasteiger partial charge in [0, 0.05) is 39.6 Å². The Bertz CT molecular complexity index is 688. The standard InChI is InChI=1S/C16H16FNO3S/c1-22(21)12-8-6-11(7-9-12)16(20)18-10-15(19)13-4-2-3-5-14(13)17/h2-9,15,19H,10H2,1H3,(H,18,20). The fraction of sp³-hybridized carbons (Fsp3) is 0.188. The highest BCUT2D eigenvalue weighted by atomic mass is 32.2. The smallest absolute Gasteiger partial charge is 0.251 e. The second kappa shape index (κ2) is 7.29. The van der Waals surface area contributed by atoms with Crippen LogP contribution in [0.5, 0.6) is 0 Å². The van der Waals surface area contributed by atoms with Crippen LogP contribution in [0.15, 0.2) is 53.4 Å². The molecule has 6 heteroatoms. The molecule has 0 fully saturated rings. The molecule has 2 N–H and O–H groups in total. The second-order valence-corrected chi connectivity index (χ2v) is 6.11. The lowest BCUT2D eigenvalue weighted by Crippen LogP contribution is -2.28. The van der Waals surface area contributed by atoms with Crippen molar-refractivity contribution in [3.63, 3.8) is 0 Å². The zero-order valence-corrected chi connectivity index (χ0v) is 12.8. The number of carbonyl (C=O) groups excluding carboxylic acids is 1. The first-order valence-electron chi connectivity index (χ1n) is 6.63. The highest BCUT2D eigenvalue weighted by molar-refractivity contribution is 7.84. The Morgan fingerprint density at radius 2 is 1.86 bits per heavy atom. The summed E-state index contributed by atoms with van der Waals surface area (Å²) in [6.07, 6.45) is 0.437. The number of amides is 1. The van der Waals surface area contributed by atoms with E-state index in [2.05, 4.69) is 5.32 Å². The summed E-state index contributed by atoms with van der Waals surface area (Å²) in [6.45, 7) is -0.0960. The molecular weight excluding hydrogens is 305 g/mol. The van der Waals surface area contributed by atoms with Crippen LogP contribution >= 0.6 is 0 Å². The molecule has 2 unspecified atom stereocenters. The molecule has 0 saturated heterocycles. The molecule has 0 aliphatic heterocycles. The third-order valence-corrected chi connectivity index (χ3v) is 4.10. The van der Waals surface area contributed by atoms with Gasteiger partial charge in [-0.25, -0.2) is 4.39 Å². The Balaban J connectivity index is 1.98. The van der Waals surface area contributed by atoms with E-state index in [9.17, 15) is 18.5 Å². The summed E-state index contributed by atoms with van der Waals surface area (Å²) in [4.78, 5) is 12.6. The minimum absolute atomic E-state index is 0.0960. The van der Waals surface area contributed by atoms with Gasteiger partial charge in [0.1, 0.15) is 5.82 Å². The van der Waals surface area contributed by atoms with Gasteiger partial charge >= 0.3 is 0 Å². The molecule has 4 nitrogen and oxygen atoms in total. The molecule has 0 spiro atoms. The molecule has 0 radical (unpaired) electrons. The van der Waals surface area contributed by atoms with Gasteiger partial charge in [0.15, 0.2) is 0 Å². The van der Waals surface area contributed by atoms with Gasteiger partial charge in [-0.1, -0.05) is 18.2 Å². The van der Waals surface area contributed by atoms with E-state index in [0.717, 1.165) is 0 Å². The van der Waals surface area contributed by atoms with Crippen molar-refractivity contribution in [2.45, 2.75) is 11.0 Å². The summed E-state index contributed by atoms with van der Waals surface area (Å²) in [7, 11) is -1.10. The summed E-state index contributed by atoms with van der Waals surface area (Å²) in [5.41, 5.74) is 0.523. The molecule has 0 heterocycles. The summed E-state index contributed by atoms with van der Waals surface area (Å²) in [5.74, 6) is -0.900. The minimum Gasteiger partial charge on any atom is -0.386 e. The first-order chi connectivity index (χ1) is 10.5. The summed E-state index contributed by atoms with van der Waals surface area (Å²) < 4.78 is 24.8. The molecule has 1 amide bonds. The van der Waals surface area contributed by atoms with Gasteiger partial charge < -0.3 is 10.4 Å². The maximum absolute atomic E-state index is 13.5. The highest BCUT2D eigenvalue weighted by Gasteiger charge is 2.14.